The minimum Gasteiger partial charge on any atom is -0.389 e. The van der Waals surface area contributed by atoms with Crippen molar-refractivity contribution in [3.8, 4) is 0 Å². The van der Waals surface area contributed by atoms with Gasteiger partial charge in [0.15, 0.2) is 0 Å². The third kappa shape index (κ3) is 1.99. The highest BCUT2D eigenvalue weighted by atomic mass is 16.3. The number of aliphatic hydroxyl groups excluding tert-OH is 1. The van der Waals surface area contributed by atoms with Gasteiger partial charge in [-0.15, -0.1) is 0 Å². The maximum atomic E-state index is 12.7. The minimum absolute atomic E-state index is 0.257. The molecule has 1 aromatic heterocycles. The first-order valence-corrected chi connectivity index (χ1v) is 7.98. The van der Waals surface area contributed by atoms with Crippen LogP contribution in [0.5, 0.6) is 0 Å². The summed E-state index contributed by atoms with van der Waals surface area (Å²) in [7, 11) is 1.62. The van der Waals surface area contributed by atoms with Gasteiger partial charge in [0.1, 0.15) is 0 Å². The Labute approximate surface area is 137 Å². The van der Waals surface area contributed by atoms with Crippen LogP contribution in [0.15, 0.2) is 23.0 Å². The van der Waals surface area contributed by atoms with Crippen molar-refractivity contribution in [1.29, 1.82) is 0 Å². The van der Waals surface area contributed by atoms with E-state index in [-0.39, 0.29) is 30.8 Å². The molecule has 0 radical (unpaired) electrons. The number of piperidine rings is 1. The highest BCUT2D eigenvalue weighted by molar-refractivity contribution is 6.11. The molecule has 0 atom stereocenters. The van der Waals surface area contributed by atoms with Gasteiger partial charge in [-0.3, -0.25) is 14.2 Å². The van der Waals surface area contributed by atoms with Gasteiger partial charge in [0.25, 0.3) is 0 Å². The molecule has 0 bridgehead atoms. The number of imidazole rings is 1. The molecule has 1 N–H and O–H groups in total. The van der Waals surface area contributed by atoms with Crippen molar-refractivity contribution >= 4 is 28.5 Å². The summed E-state index contributed by atoms with van der Waals surface area (Å²) >= 11 is 0. The number of carbonyl (C=O) groups is 2. The average Bonchev–Trinajstić information content (AvgIpc) is 2.77. The van der Waals surface area contributed by atoms with Crippen LogP contribution in [0.3, 0.4) is 0 Å². The van der Waals surface area contributed by atoms with Crippen LogP contribution in [0.25, 0.3) is 11.0 Å². The largest absolute Gasteiger partial charge is 0.389 e. The number of amides is 2. The van der Waals surface area contributed by atoms with E-state index >= 15 is 0 Å². The molecule has 0 spiro atoms. The van der Waals surface area contributed by atoms with Gasteiger partial charge < -0.3 is 10.0 Å². The van der Waals surface area contributed by atoms with Gasteiger partial charge >= 0.3 is 5.69 Å². The number of rotatable bonds is 2. The van der Waals surface area contributed by atoms with E-state index in [1.54, 1.807) is 19.2 Å². The van der Waals surface area contributed by atoms with E-state index in [1.807, 2.05) is 11.0 Å². The SMILES string of the molecule is Cn1c(=O)n(N2C(=O)CCCC2=O)c2cccc(N3CC(O)C3)c21. The monoisotopic (exact) mass is 330 g/mol. The van der Waals surface area contributed by atoms with Crippen LogP contribution in [-0.4, -0.2) is 45.4 Å². The molecule has 0 unspecified atom stereocenters. The van der Waals surface area contributed by atoms with Crippen LogP contribution in [0.4, 0.5) is 5.69 Å². The summed E-state index contributed by atoms with van der Waals surface area (Å²) in [6.07, 6.45) is 0.661. The first-order valence-electron chi connectivity index (χ1n) is 7.98. The number of nitrogens with zero attached hydrogens (tertiary/aromatic N) is 4. The second-order valence-electron chi connectivity index (χ2n) is 6.31. The van der Waals surface area contributed by atoms with E-state index in [0.717, 1.165) is 10.7 Å². The first kappa shape index (κ1) is 14.9. The second-order valence-corrected chi connectivity index (χ2v) is 6.31. The predicted molar refractivity (Wildman–Crippen MR) is 87.5 cm³/mol. The molecule has 126 valence electrons. The Bertz CT molecular complexity index is 891. The summed E-state index contributed by atoms with van der Waals surface area (Å²) in [5.74, 6) is -0.712. The van der Waals surface area contributed by atoms with E-state index in [9.17, 15) is 19.5 Å². The summed E-state index contributed by atoms with van der Waals surface area (Å²) in [6.45, 7) is 1.00. The Balaban J connectivity index is 1.93. The Kier molecular flexibility index (Phi) is 3.24. The smallest absolute Gasteiger partial charge is 0.348 e. The van der Waals surface area contributed by atoms with E-state index in [4.69, 9.17) is 0 Å². The molecule has 2 saturated heterocycles. The van der Waals surface area contributed by atoms with E-state index in [2.05, 4.69) is 0 Å². The first-order chi connectivity index (χ1) is 11.5. The molecule has 2 aliphatic heterocycles. The molecule has 2 fully saturated rings. The molecule has 3 heterocycles. The molecule has 0 saturated carbocycles. The van der Waals surface area contributed by atoms with Crippen molar-refractivity contribution in [3.05, 3.63) is 28.7 Å². The number of anilines is 1. The van der Waals surface area contributed by atoms with Crippen LogP contribution in [0.1, 0.15) is 19.3 Å². The number of β-amino-alcohol motifs (C(OH)–C–C–N with tert-alkyl or cyclic N) is 1. The molecule has 1 aromatic carbocycles. The number of fused-ring (bicyclic) bond motifs is 1. The van der Waals surface area contributed by atoms with Gasteiger partial charge in [0.05, 0.1) is 22.8 Å². The van der Waals surface area contributed by atoms with Gasteiger partial charge in [-0.1, -0.05) is 6.07 Å². The Morgan fingerprint density at radius 2 is 1.75 bits per heavy atom. The summed E-state index contributed by atoms with van der Waals surface area (Å²) in [4.78, 5) is 39.2. The molecule has 4 rings (SSSR count). The molecule has 0 aliphatic carbocycles. The zero-order chi connectivity index (χ0) is 17.0. The Morgan fingerprint density at radius 3 is 2.38 bits per heavy atom. The summed E-state index contributed by atoms with van der Waals surface area (Å²) in [5, 5.41) is 10.5. The third-order valence-electron chi connectivity index (χ3n) is 4.68. The third-order valence-corrected chi connectivity index (χ3v) is 4.68. The predicted octanol–water partition coefficient (Wildman–Crippen LogP) is -0.304. The number of imide groups is 1. The molecule has 2 amide bonds. The van der Waals surface area contributed by atoms with Crippen LogP contribution >= 0.6 is 0 Å². The van der Waals surface area contributed by atoms with Crippen LogP contribution < -0.4 is 15.6 Å². The molecular weight excluding hydrogens is 312 g/mol. The lowest BCUT2D eigenvalue weighted by molar-refractivity contribution is -0.131. The molecule has 8 heteroatoms. The summed E-state index contributed by atoms with van der Waals surface area (Å²) in [5.41, 5.74) is 1.56. The number of aryl methyl sites for hydroxylation is 1. The lowest BCUT2D eigenvalue weighted by atomic mass is 10.1. The van der Waals surface area contributed by atoms with Crippen LogP contribution in [0, 0.1) is 0 Å². The topological polar surface area (TPSA) is 87.8 Å². The number of carbonyl (C=O) groups excluding carboxylic acids is 2. The molecule has 2 aliphatic rings. The normalized spacial score (nSPS) is 19.2. The number of aliphatic hydroxyl groups is 1. The van der Waals surface area contributed by atoms with Crippen LogP contribution in [0.2, 0.25) is 0 Å². The highest BCUT2D eigenvalue weighted by Gasteiger charge is 2.33. The van der Waals surface area contributed by atoms with Crippen molar-refractivity contribution in [2.75, 3.05) is 23.0 Å². The van der Waals surface area contributed by atoms with Crippen molar-refractivity contribution < 1.29 is 14.7 Å². The lowest BCUT2D eigenvalue weighted by Crippen LogP contribution is -2.52. The van der Waals surface area contributed by atoms with Gasteiger partial charge in [0, 0.05) is 33.0 Å². The fourth-order valence-corrected chi connectivity index (χ4v) is 3.44. The van der Waals surface area contributed by atoms with Crippen molar-refractivity contribution in [1.82, 2.24) is 9.24 Å². The number of hydrogen-bond acceptors (Lipinski definition) is 5. The maximum absolute atomic E-state index is 12.7. The second kappa shape index (κ2) is 5.20. The maximum Gasteiger partial charge on any atom is 0.348 e. The average molecular weight is 330 g/mol. The van der Waals surface area contributed by atoms with E-state index < -0.39 is 5.69 Å². The van der Waals surface area contributed by atoms with Gasteiger partial charge in [-0.05, 0) is 18.6 Å². The fourth-order valence-electron chi connectivity index (χ4n) is 3.44. The quantitative estimate of drug-likeness (QED) is 0.764. The van der Waals surface area contributed by atoms with Crippen LogP contribution in [-0.2, 0) is 16.6 Å². The lowest BCUT2D eigenvalue weighted by Gasteiger charge is -2.38. The van der Waals surface area contributed by atoms with Gasteiger partial charge in [-0.25, -0.2) is 4.79 Å². The summed E-state index contributed by atoms with van der Waals surface area (Å²) in [6, 6.07) is 5.39. The standard InChI is InChI=1S/C16H18N4O4/c1-17-15-11(18-8-10(21)9-18)4-2-5-12(15)19(16(17)24)20-13(22)6-3-7-14(20)23/h2,4-5,10,21H,3,6-9H2,1H3. The highest BCUT2D eigenvalue weighted by Crippen LogP contribution is 2.29. The minimum atomic E-state index is -0.429. The number of hydrogen-bond donors (Lipinski definition) is 1. The summed E-state index contributed by atoms with van der Waals surface area (Å²) < 4.78 is 2.63. The Morgan fingerprint density at radius 1 is 1.08 bits per heavy atom. The van der Waals surface area contributed by atoms with Crippen molar-refractivity contribution in [2.45, 2.75) is 25.4 Å². The van der Waals surface area contributed by atoms with Gasteiger partial charge in [-0.2, -0.15) is 9.69 Å². The van der Waals surface area contributed by atoms with Crippen molar-refractivity contribution in [3.63, 3.8) is 0 Å². The Hall–Kier alpha value is -2.61. The fraction of sp³-hybridized carbons (Fsp3) is 0.438. The zero-order valence-corrected chi connectivity index (χ0v) is 13.3. The van der Waals surface area contributed by atoms with Crippen molar-refractivity contribution in [2.24, 2.45) is 7.05 Å². The van der Waals surface area contributed by atoms with E-state index in [1.165, 1.54) is 9.24 Å². The van der Waals surface area contributed by atoms with E-state index in [0.29, 0.717) is 30.5 Å². The number of aromatic nitrogens is 2. The molecule has 24 heavy (non-hydrogen) atoms. The molecule has 2 aromatic rings. The zero-order valence-electron chi connectivity index (χ0n) is 13.3. The number of para-hydroxylation sites is 1. The number of benzene rings is 1. The molecular formula is C16H18N4O4. The molecule has 8 nitrogen and oxygen atoms in total. The van der Waals surface area contributed by atoms with Gasteiger partial charge in [0.2, 0.25) is 11.8 Å².